The SMILES string of the molecule is Cc1sc(Br)cc1S(=O)(=O)Nc1[nH]ncc1N. The molecule has 17 heavy (non-hydrogen) atoms. The van der Waals surface area contributed by atoms with Gasteiger partial charge < -0.3 is 5.73 Å². The second-order valence-corrected chi connectivity index (χ2v) is 7.56. The van der Waals surface area contributed by atoms with Crippen LogP contribution in [-0.2, 0) is 10.0 Å². The van der Waals surface area contributed by atoms with Crippen molar-refractivity contribution in [2.45, 2.75) is 11.8 Å². The zero-order valence-electron chi connectivity index (χ0n) is 8.69. The first-order valence-corrected chi connectivity index (χ1v) is 7.57. The number of nitrogens with one attached hydrogen (secondary N) is 2. The minimum atomic E-state index is -3.64. The fraction of sp³-hybridized carbons (Fsp3) is 0.125. The molecule has 0 aliphatic heterocycles. The van der Waals surface area contributed by atoms with E-state index in [2.05, 4.69) is 30.8 Å². The molecular formula is C8H9BrN4O2S2. The zero-order chi connectivity index (χ0) is 12.6. The molecule has 0 atom stereocenters. The minimum absolute atomic E-state index is 0.173. The molecule has 0 spiro atoms. The number of nitrogens with two attached hydrogens (primary N) is 1. The Morgan fingerprint density at radius 3 is 2.76 bits per heavy atom. The van der Waals surface area contributed by atoms with Crippen molar-refractivity contribution in [2.75, 3.05) is 10.5 Å². The van der Waals surface area contributed by atoms with Crippen molar-refractivity contribution in [1.29, 1.82) is 0 Å². The van der Waals surface area contributed by atoms with E-state index in [9.17, 15) is 8.42 Å². The Morgan fingerprint density at radius 2 is 2.29 bits per heavy atom. The second-order valence-electron chi connectivity index (χ2n) is 3.28. The monoisotopic (exact) mass is 336 g/mol. The van der Waals surface area contributed by atoms with E-state index < -0.39 is 10.0 Å². The number of halogens is 1. The van der Waals surface area contributed by atoms with Crippen molar-refractivity contribution in [3.63, 3.8) is 0 Å². The van der Waals surface area contributed by atoms with Gasteiger partial charge in [0.15, 0.2) is 5.82 Å². The lowest BCUT2D eigenvalue weighted by Crippen LogP contribution is -2.14. The molecular weight excluding hydrogens is 328 g/mol. The minimum Gasteiger partial charge on any atom is -0.394 e. The summed E-state index contributed by atoms with van der Waals surface area (Å²) >= 11 is 4.60. The van der Waals surface area contributed by atoms with Gasteiger partial charge in [-0.25, -0.2) is 8.42 Å². The van der Waals surface area contributed by atoms with Gasteiger partial charge in [-0.2, -0.15) is 5.10 Å². The van der Waals surface area contributed by atoms with E-state index in [1.807, 2.05) is 0 Å². The molecule has 0 unspecified atom stereocenters. The first-order chi connectivity index (χ1) is 7.90. The van der Waals surface area contributed by atoms with Crippen LogP contribution in [0.4, 0.5) is 11.5 Å². The van der Waals surface area contributed by atoms with Gasteiger partial charge in [0.05, 0.1) is 15.7 Å². The van der Waals surface area contributed by atoms with Crippen molar-refractivity contribution in [3.05, 3.63) is 20.9 Å². The molecule has 0 bridgehead atoms. The average molecular weight is 337 g/mol. The van der Waals surface area contributed by atoms with Crippen molar-refractivity contribution in [3.8, 4) is 0 Å². The van der Waals surface area contributed by atoms with Crippen LogP contribution in [0.3, 0.4) is 0 Å². The van der Waals surface area contributed by atoms with Crippen LogP contribution in [0.1, 0.15) is 4.88 Å². The third kappa shape index (κ3) is 2.45. The summed E-state index contributed by atoms with van der Waals surface area (Å²) < 4.78 is 27.2. The molecule has 4 N–H and O–H groups in total. The summed E-state index contributed by atoms with van der Waals surface area (Å²) in [6, 6.07) is 1.55. The topological polar surface area (TPSA) is 101 Å². The summed E-state index contributed by atoms with van der Waals surface area (Å²) in [5, 5.41) is 6.13. The van der Waals surface area contributed by atoms with E-state index in [0.29, 0.717) is 4.88 Å². The van der Waals surface area contributed by atoms with Crippen LogP contribution >= 0.6 is 27.3 Å². The highest BCUT2D eigenvalue weighted by Crippen LogP contribution is 2.31. The van der Waals surface area contributed by atoms with E-state index in [1.165, 1.54) is 17.5 Å². The third-order valence-corrected chi connectivity index (χ3v) is 5.20. The number of aromatic amines is 1. The summed E-state index contributed by atoms with van der Waals surface area (Å²) in [5.74, 6) is 0.173. The summed E-state index contributed by atoms with van der Waals surface area (Å²) in [6.45, 7) is 1.74. The van der Waals surface area contributed by atoms with Gasteiger partial charge in [-0.05, 0) is 28.9 Å². The molecule has 0 amide bonds. The Hall–Kier alpha value is -1.06. The summed E-state index contributed by atoms with van der Waals surface area (Å²) in [7, 11) is -3.64. The third-order valence-electron chi connectivity index (χ3n) is 2.04. The highest BCUT2D eigenvalue weighted by atomic mass is 79.9. The molecule has 0 aromatic carbocycles. The first-order valence-electron chi connectivity index (χ1n) is 4.48. The Labute approximate surface area is 110 Å². The maximum absolute atomic E-state index is 12.1. The molecule has 6 nitrogen and oxygen atoms in total. The van der Waals surface area contributed by atoms with Gasteiger partial charge >= 0.3 is 0 Å². The number of hydrogen-bond acceptors (Lipinski definition) is 5. The molecule has 92 valence electrons. The standard InChI is InChI=1S/C8H9BrN4O2S2/c1-4-6(2-7(9)16-4)17(14,15)13-8-5(10)3-11-12-8/h2-3H,10H2,1H3,(H2,11,12,13). The number of sulfonamides is 1. The van der Waals surface area contributed by atoms with Gasteiger partial charge in [-0.1, -0.05) is 0 Å². The highest BCUT2D eigenvalue weighted by molar-refractivity contribution is 9.11. The van der Waals surface area contributed by atoms with E-state index in [0.717, 1.165) is 3.79 Å². The predicted molar refractivity (Wildman–Crippen MR) is 70.6 cm³/mol. The van der Waals surface area contributed by atoms with Crippen molar-refractivity contribution >= 4 is 48.8 Å². The van der Waals surface area contributed by atoms with Crippen molar-refractivity contribution < 1.29 is 8.42 Å². The number of hydrogen-bond donors (Lipinski definition) is 3. The molecule has 2 aromatic heterocycles. The quantitative estimate of drug-likeness (QED) is 0.796. The van der Waals surface area contributed by atoms with Gasteiger partial charge in [-0.3, -0.25) is 9.82 Å². The van der Waals surface area contributed by atoms with E-state index in [4.69, 9.17) is 5.73 Å². The molecule has 0 aliphatic rings. The van der Waals surface area contributed by atoms with Gasteiger partial charge in [0, 0.05) is 4.88 Å². The molecule has 0 saturated carbocycles. The average Bonchev–Trinajstić information content (AvgIpc) is 2.74. The number of rotatable bonds is 3. The summed E-state index contributed by atoms with van der Waals surface area (Å²) in [5.41, 5.74) is 5.79. The summed E-state index contributed by atoms with van der Waals surface area (Å²) in [6.07, 6.45) is 1.34. The predicted octanol–water partition coefficient (Wildman–Crippen LogP) is 1.93. The molecule has 2 rings (SSSR count). The second kappa shape index (κ2) is 4.31. The van der Waals surface area contributed by atoms with Crippen LogP contribution in [0.25, 0.3) is 0 Å². The number of thiophene rings is 1. The fourth-order valence-corrected chi connectivity index (χ4v) is 4.72. The number of aryl methyl sites for hydroxylation is 1. The van der Waals surface area contributed by atoms with Crippen LogP contribution in [-0.4, -0.2) is 18.6 Å². The highest BCUT2D eigenvalue weighted by Gasteiger charge is 2.21. The number of anilines is 2. The molecule has 0 saturated heterocycles. The van der Waals surface area contributed by atoms with Gasteiger partial charge in [-0.15, -0.1) is 11.3 Å². The van der Waals surface area contributed by atoms with Crippen LogP contribution < -0.4 is 10.5 Å². The number of nitrogens with zero attached hydrogens (tertiary/aromatic N) is 1. The molecule has 0 radical (unpaired) electrons. The largest absolute Gasteiger partial charge is 0.394 e. The van der Waals surface area contributed by atoms with Crippen molar-refractivity contribution in [2.24, 2.45) is 0 Å². The summed E-state index contributed by atoms with van der Waals surface area (Å²) in [4.78, 5) is 0.922. The Bertz CT molecular complexity index is 646. The normalized spacial score (nSPS) is 11.6. The van der Waals surface area contributed by atoms with Crippen LogP contribution in [0.15, 0.2) is 20.9 Å². The zero-order valence-corrected chi connectivity index (χ0v) is 11.9. The maximum atomic E-state index is 12.1. The van der Waals surface area contributed by atoms with E-state index >= 15 is 0 Å². The Balaban J connectivity index is 2.38. The van der Waals surface area contributed by atoms with Crippen molar-refractivity contribution in [1.82, 2.24) is 10.2 Å². The van der Waals surface area contributed by atoms with Crippen LogP contribution in [0.2, 0.25) is 0 Å². The number of H-pyrrole nitrogens is 1. The Morgan fingerprint density at radius 1 is 1.59 bits per heavy atom. The Kier molecular flexibility index (Phi) is 3.15. The van der Waals surface area contributed by atoms with Crippen LogP contribution in [0.5, 0.6) is 0 Å². The lowest BCUT2D eigenvalue weighted by Gasteiger charge is -2.05. The van der Waals surface area contributed by atoms with Gasteiger partial charge in [0.2, 0.25) is 0 Å². The first kappa shape index (κ1) is 12.4. The molecule has 9 heteroatoms. The maximum Gasteiger partial charge on any atom is 0.264 e. The lowest BCUT2D eigenvalue weighted by molar-refractivity contribution is 0.601. The molecule has 0 aliphatic carbocycles. The number of nitrogen functional groups attached to an aromatic ring is 1. The lowest BCUT2D eigenvalue weighted by atomic mass is 10.5. The van der Waals surface area contributed by atoms with E-state index in [1.54, 1.807) is 13.0 Å². The van der Waals surface area contributed by atoms with E-state index in [-0.39, 0.29) is 16.4 Å². The fourth-order valence-electron chi connectivity index (χ4n) is 1.26. The van der Waals surface area contributed by atoms with Gasteiger partial charge in [0.25, 0.3) is 10.0 Å². The number of aromatic nitrogens is 2. The molecule has 0 fully saturated rings. The molecule has 2 heterocycles. The molecule has 2 aromatic rings. The van der Waals surface area contributed by atoms with Gasteiger partial charge in [0.1, 0.15) is 4.90 Å². The van der Waals surface area contributed by atoms with Crippen LogP contribution in [0, 0.1) is 6.92 Å². The smallest absolute Gasteiger partial charge is 0.264 e.